The van der Waals surface area contributed by atoms with Crippen molar-refractivity contribution in [2.75, 3.05) is 0 Å². The molecule has 2 aromatic heterocycles. The van der Waals surface area contributed by atoms with Crippen molar-refractivity contribution in [2.45, 2.75) is 46.6 Å². The van der Waals surface area contributed by atoms with Gasteiger partial charge in [-0.2, -0.15) is 5.26 Å². The summed E-state index contributed by atoms with van der Waals surface area (Å²) in [6.45, 7) is 6.23. The highest BCUT2D eigenvalue weighted by atomic mass is 19.1. The van der Waals surface area contributed by atoms with Gasteiger partial charge >= 0.3 is 0 Å². The van der Waals surface area contributed by atoms with Crippen LogP contribution < -0.4 is 4.74 Å². The number of aromatic nitrogens is 3. The van der Waals surface area contributed by atoms with E-state index in [9.17, 15) is 9.65 Å². The molecule has 4 aromatic rings. The highest BCUT2D eigenvalue weighted by molar-refractivity contribution is 5.88. The van der Waals surface area contributed by atoms with Gasteiger partial charge in [0.15, 0.2) is 5.65 Å². The SMILES string of the molecule is CCCc1nc2c(C)nccn2c1Cc1ccc2c(c1)COc1cc(F)ccc1C2=C(C)C#N. The molecule has 5 rings (SSSR count). The van der Waals surface area contributed by atoms with Gasteiger partial charge in [-0.05, 0) is 49.1 Å². The molecule has 1 aliphatic heterocycles. The molecule has 2 aromatic carbocycles. The quantitative estimate of drug-likeness (QED) is 0.359. The molecule has 0 aliphatic carbocycles. The number of ether oxygens (including phenoxy) is 1. The van der Waals surface area contributed by atoms with E-state index in [-0.39, 0.29) is 5.82 Å². The molecule has 0 bridgehead atoms. The van der Waals surface area contributed by atoms with Crippen LogP contribution in [0.2, 0.25) is 0 Å². The minimum Gasteiger partial charge on any atom is -0.488 e. The van der Waals surface area contributed by atoms with E-state index in [2.05, 4.69) is 40.6 Å². The number of rotatable bonds is 4. The third-order valence-electron chi connectivity index (χ3n) is 6.34. The lowest BCUT2D eigenvalue weighted by molar-refractivity contribution is 0.305. The minimum atomic E-state index is -0.361. The topological polar surface area (TPSA) is 63.2 Å². The van der Waals surface area contributed by atoms with Crippen LogP contribution in [0.1, 0.15) is 59.6 Å². The fraction of sp³-hybridized carbons (Fsp3) is 0.250. The Morgan fingerprint density at radius 2 is 2.03 bits per heavy atom. The highest BCUT2D eigenvalue weighted by Crippen LogP contribution is 2.39. The standard InChI is InChI=1S/C28H25FN4O/c1-4-5-24-25(33-11-10-31-18(3)28(33)32-24)13-19-6-8-22-20(12-19)16-34-26-14-21(29)7-9-23(26)27(22)17(2)15-30/h6-12,14H,4-5,13,16H2,1-3H3. The predicted molar refractivity (Wildman–Crippen MR) is 129 cm³/mol. The van der Waals surface area contributed by atoms with Gasteiger partial charge in [0.2, 0.25) is 0 Å². The molecule has 0 N–H and O–H groups in total. The van der Waals surface area contributed by atoms with Crippen molar-refractivity contribution in [3.05, 3.63) is 99.5 Å². The zero-order valence-electron chi connectivity index (χ0n) is 19.5. The lowest BCUT2D eigenvalue weighted by Crippen LogP contribution is -2.02. The Kier molecular flexibility index (Phi) is 5.62. The Balaban J connectivity index is 1.61. The Hall–Kier alpha value is -3.98. The first-order valence-electron chi connectivity index (χ1n) is 11.5. The Labute approximate surface area is 198 Å². The molecule has 170 valence electrons. The van der Waals surface area contributed by atoms with E-state index < -0.39 is 0 Å². The lowest BCUT2D eigenvalue weighted by Gasteiger charge is -2.13. The Bertz CT molecular complexity index is 1490. The first kappa shape index (κ1) is 21.8. The van der Waals surface area contributed by atoms with Gasteiger partial charge in [0, 0.05) is 41.6 Å². The van der Waals surface area contributed by atoms with Crippen LogP contribution in [-0.4, -0.2) is 14.4 Å². The Morgan fingerprint density at radius 1 is 1.21 bits per heavy atom. The van der Waals surface area contributed by atoms with Gasteiger partial charge in [-0.1, -0.05) is 31.5 Å². The van der Waals surface area contributed by atoms with Crippen LogP contribution in [0.3, 0.4) is 0 Å². The van der Waals surface area contributed by atoms with Crippen molar-refractivity contribution in [1.82, 2.24) is 14.4 Å². The summed E-state index contributed by atoms with van der Waals surface area (Å²) in [5.74, 6) is 0.0949. The maximum Gasteiger partial charge on any atom is 0.158 e. The van der Waals surface area contributed by atoms with Crippen molar-refractivity contribution in [1.29, 1.82) is 5.26 Å². The second kappa shape index (κ2) is 8.75. The second-order valence-electron chi connectivity index (χ2n) is 8.67. The van der Waals surface area contributed by atoms with E-state index in [4.69, 9.17) is 9.72 Å². The maximum absolute atomic E-state index is 13.9. The molecule has 6 heteroatoms. The van der Waals surface area contributed by atoms with Crippen molar-refractivity contribution in [2.24, 2.45) is 0 Å². The fourth-order valence-electron chi connectivity index (χ4n) is 4.72. The third kappa shape index (κ3) is 3.73. The molecule has 3 heterocycles. The molecule has 34 heavy (non-hydrogen) atoms. The zero-order valence-corrected chi connectivity index (χ0v) is 19.5. The molecule has 0 atom stereocenters. The van der Waals surface area contributed by atoms with E-state index in [1.165, 1.54) is 12.1 Å². The number of halogens is 1. The first-order valence-corrected chi connectivity index (χ1v) is 11.5. The normalized spacial score (nSPS) is 14.1. The van der Waals surface area contributed by atoms with Gasteiger partial charge in [-0.25, -0.2) is 9.37 Å². The molecule has 0 spiro atoms. The van der Waals surface area contributed by atoms with Crippen LogP contribution >= 0.6 is 0 Å². The summed E-state index contributed by atoms with van der Waals surface area (Å²) >= 11 is 0. The summed E-state index contributed by atoms with van der Waals surface area (Å²) in [5.41, 5.74) is 9.20. The summed E-state index contributed by atoms with van der Waals surface area (Å²) in [6.07, 6.45) is 6.41. The molecular formula is C28H25FN4O. The summed E-state index contributed by atoms with van der Waals surface area (Å²) in [5, 5.41) is 9.68. The van der Waals surface area contributed by atoms with E-state index in [0.29, 0.717) is 24.4 Å². The van der Waals surface area contributed by atoms with Gasteiger partial charge in [-0.15, -0.1) is 0 Å². The number of nitrogens with zero attached hydrogens (tertiary/aromatic N) is 4. The largest absolute Gasteiger partial charge is 0.488 e. The second-order valence-corrected chi connectivity index (χ2v) is 8.67. The average Bonchev–Trinajstić information content (AvgIpc) is 3.09. The summed E-state index contributed by atoms with van der Waals surface area (Å²) in [4.78, 5) is 9.28. The number of hydrogen-bond acceptors (Lipinski definition) is 4. The zero-order chi connectivity index (χ0) is 23.8. The number of imidazole rings is 1. The summed E-state index contributed by atoms with van der Waals surface area (Å²) in [7, 11) is 0. The molecule has 5 nitrogen and oxygen atoms in total. The van der Waals surface area contributed by atoms with Crippen LogP contribution in [0.4, 0.5) is 4.39 Å². The summed E-state index contributed by atoms with van der Waals surface area (Å²) < 4.78 is 22.1. The minimum absolute atomic E-state index is 0.305. The molecule has 0 amide bonds. The fourth-order valence-corrected chi connectivity index (χ4v) is 4.72. The number of allylic oxidation sites excluding steroid dienone is 1. The monoisotopic (exact) mass is 452 g/mol. The number of benzene rings is 2. The highest BCUT2D eigenvalue weighted by Gasteiger charge is 2.23. The number of fused-ring (bicyclic) bond motifs is 3. The smallest absolute Gasteiger partial charge is 0.158 e. The molecule has 0 saturated carbocycles. The van der Waals surface area contributed by atoms with Crippen LogP contribution in [0, 0.1) is 24.1 Å². The molecule has 1 aliphatic rings. The number of hydrogen-bond donors (Lipinski definition) is 0. The van der Waals surface area contributed by atoms with Gasteiger partial charge < -0.3 is 9.14 Å². The van der Waals surface area contributed by atoms with Crippen LogP contribution in [0.5, 0.6) is 5.75 Å². The molecule has 0 unspecified atom stereocenters. The van der Waals surface area contributed by atoms with E-state index in [1.54, 1.807) is 13.0 Å². The molecule has 0 fully saturated rings. The van der Waals surface area contributed by atoms with Gasteiger partial charge in [-0.3, -0.25) is 4.98 Å². The lowest BCUT2D eigenvalue weighted by atomic mass is 9.89. The van der Waals surface area contributed by atoms with Crippen LogP contribution in [-0.2, 0) is 19.4 Å². The molecular weight excluding hydrogens is 427 g/mol. The average molecular weight is 453 g/mol. The van der Waals surface area contributed by atoms with Crippen molar-refractivity contribution in [3.8, 4) is 11.8 Å². The van der Waals surface area contributed by atoms with E-state index >= 15 is 0 Å². The van der Waals surface area contributed by atoms with Crippen LogP contribution in [0.25, 0.3) is 11.2 Å². The van der Waals surface area contributed by atoms with Crippen LogP contribution in [0.15, 0.2) is 54.4 Å². The first-order chi connectivity index (χ1) is 16.5. The number of aryl methyl sites for hydroxylation is 2. The van der Waals surface area contributed by atoms with Crippen molar-refractivity contribution in [3.63, 3.8) is 0 Å². The van der Waals surface area contributed by atoms with Gasteiger partial charge in [0.25, 0.3) is 0 Å². The number of nitriles is 1. The summed E-state index contributed by atoms with van der Waals surface area (Å²) in [6, 6.07) is 13.0. The third-order valence-corrected chi connectivity index (χ3v) is 6.34. The van der Waals surface area contributed by atoms with Crippen molar-refractivity contribution < 1.29 is 9.13 Å². The molecule has 0 saturated heterocycles. The van der Waals surface area contributed by atoms with Gasteiger partial charge in [0.1, 0.15) is 18.2 Å². The van der Waals surface area contributed by atoms with Crippen molar-refractivity contribution >= 4 is 11.2 Å². The Morgan fingerprint density at radius 3 is 2.82 bits per heavy atom. The maximum atomic E-state index is 13.9. The predicted octanol–water partition coefficient (Wildman–Crippen LogP) is 5.96. The van der Waals surface area contributed by atoms with E-state index in [0.717, 1.165) is 63.4 Å². The van der Waals surface area contributed by atoms with Gasteiger partial charge in [0.05, 0.1) is 23.2 Å². The van der Waals surface area contributed by atoms with E-state index in [1.807, 2.05) is 19.3 Å². The molecule has 0 radical (unpaired) electrons.